The Morgan fingerprint density at radius 2 is 2.00 bits per heavy atom. The number of aliphatic hydroxyl groups excluding tert-OH is 1. The second kappa shape index (κ2) is 7.50. The second-order valence-corrected chi connectivity index (χ2v) is 7.22. The summed E-state index contributed by atoms with van der Waals surface area (Å²) in [7, 11) is 0. The first-order chi connectivity index (χ1) is 13.5. The number of aliphatic hydroxyl groups is 1. The lowest BCUT2D eigenvalue weighted by atomic mass is 10.1. The quantitative estimate of drug-likeness (QED) is 0.661. The van der Waals surface area contributed by atoms with Crippen LogP contribution in [0.25, 0.3) is 5.69 Å². The zero-order valence-corrected chi connectivity index (χ0v) is 16.5. The van der Waals surface area contributed by atoms with Crippen LogP contribution in [-0.2, 0) is 13.1 Å². The van der Waals surface area contributed by atoms with Crippen molar-refractivity contribution in [2.45, 2.75) is 32.5 Å². The van der Waals surface area contributed by atoms with Gasteiger partial charge >= 0.3 is 5.69 Å². The van der Waals surface area contributed by atoms with Crippen molar-refractivity contribution in [1.29, 1.82) is 0 Å². The van der Waals surface area contributed by atoms with Crippen molar-refractivity contribution in [3.05, 3.63) is 74.1 Å². The lowest BCUT2D eigenvalue weighted by Crippen LogP contribution is -2.29. The van der Waals surface area contributed by atoms with Crippen LogP contribution in [0.15, 0.2) is 46.2 Å². The Hall–Kier alpha value is -2.48. The van der Waals surface area contributed by atoms with Gasteiger partial charge in [0.25, 0.3) is 0 Å². The van der Waals surface area contributed by atoms with Crippen LogP contribution in [0.1, 0.15) is 30.4 Å². The normalized spacial score (nSPS) is 14.1. The first-order valence-electron chi connectivity index (χ1n) is 8.83. The van der Waals surface area contributed by atoms with Gasteiger partial charge in [0.2, 0.25) is 0 Å². The van der Waals surface area contributed by atoms with E-state index in [4.69, 9.17) is 23.2 Å². The van der Waals surface area contributed by atoms with E-state index >= 15 is 0 Å². The number of aliphatic imine (C=N–C) groups is 1. The molecule has 0 fully saturated rings. The number of halogens is 2. The number of pyridine rings is 1. The van der Waals surface area contributed by atoms with Crippen molar-refractivity contribution in [1.82, 2.24) is 19.3 Å². The zero-order valence-electron chi connectivity index (χ0n) is 15.0. The number of benzene rings is 1. The molecule has 1 atom stereocenters. The summed E-state index contributed by atoms with van der Waals surface area (Å²) < 4.78 is 2.73. The molecular formula is C19H17Cl2N5O2. The van der Waals surface area contributed by atoms with Gasteiger partial charge in [-0.05, 0) is 24.6 Å². The number of hydrogen-bond acceptors (Lipinski definition) is 5. The van der Waals surface area contributed by atoms with Crippen LogP contribution in [0.5, 0.6) is 0 Å². The van der Waals surface area contributed by atoms with E-state index in [0.29, 0.717) is 39.9 Å². The molecule has 9 heteroatoms. The van der Waals surface area contributed by atoms with Gasteiger partial charge in [-0.25, -0.2) is 19.0 Å². The standard InChI is InChI=1S/C19H17Cl2N5O2/c1-2-11(27)10-25-19(28)26-14-7-8-15(21)23-18(14)17(22-9-16(26)24-25)12-5-3-4-6-13(12)20/h3-8,11,27H,2,9-10H2,1H3. The Morgan fingerprint density at radius 3 is 2.75 bits per heavy atom. The van der Waals surface area contributed by atoms with E-state index in [1.165, 1.54) is 9.25 Å². The van der Waals surface area contributed by atoms with Crippen LogP contribution in [-0.4, -0.2) is 36.3 Å². The van der Waals surface area contributed by atoms with Gasteiger partial charge in [0.15, 0.2) is 5.82 Å². The molecule has 1 aliphatic heterocycles. The van der Waals surface area contributed by atoms with Crippen LogP contribution in [0.2, 0.25) is 10.2 Å². The molecule has 4 rings (SSSR count). The average Bonchev–Trinajstić information content (AvgIpc) is 2.89. The first-order valence-corrected chi connectivity index (χ1v) is 9.58. The van der Waals surface area contributed by atoms with Gasteiger partial charge < -0.3 is 5.11 Å². The van der Waals surface area contributed by atoms with Crippen molar-refractivity contribution in [2.24, 2.45) is 4.99 Å². The minimum absolute atomic E-state index is 0.118. The third-order valence-corrected chi connectivity index (χ3v) is 5.11. The molecule has 1 aliphatic rings. The van der Waals surface area contributed by atoms with Crippen LogP contribution in [0, 0.1) is 0 Å². The highest BCUT2D eigenvalue weighted by Crippen LogP contribution is 2.26. The molecule has 1 N–H and O–H groups in total. The van der Waals surface area contributed by atoms with Crippen molar-refractivity contribution in [3.8, 4) is 5.69 Å². The van der Waals surface area contributed by atoms with E-state index in [9.17, 15) is 9.90 Å². The van der Waals surface area contributed by atoms with Gasteiger partial charge in [-0.15, -0.1) is 0 Å². The summed E-state index contributed by atoms with van der Waals surface area (Å²) in [6.07, 6.45) is -0.126. The molecule has 3 heterocycles. The molecular weight excluding hydrogens is 401 g/mol. The number of fused-ring (bicyclic) bond motifs is 3. The molecule has 0 spiro atoms. The topological polar surface area (TPSA) is 85.3 Å². The maximum absolute atomic E-state index is 13.0. The predicted molar refractivity (Wildman–Crippen MR) is 108 cm³/mol. The average molecular weight is 418 g/mol. The van der Waals surface area contributed by atoms with E-state index in [-0.39, 0.29) is 23.9 Å². The molecule has 28 heavy (non-hydrogen) atoms. The fourth-order valence-corrected chi connectivity index (χ4v) is 3.49. The molecule has 0 amide bonds. The lowest BCUT2D eigenvalue weighted by Gasteiger charge is -2.11. The first kappa shape index (κ1) is 18.9. The number of rotatable bonds is 4. The van der Waals surface area contributed by atoms with Crippen LogP contribution in [0.3, 0.4) is 0 Å². The third-order valence-electron chi connectivity index (χ3n) is 4.57. The molecule has 0 saturated carbocycles. The van der Waals surface area contributed by atoms with Gasteiger partial charge in [0.05, 0.1) is 29.1 Å². The summed E-state index contributed by atoms with van der Waals surface area (Å²) in [5.74, 6) is 0.459. The highest BCUT2D eigenvalue weighted by molar-refractivity contribution is 6.35. The summed E-state index contributed by atoms with van der Waals surface area (Å²) in [6, 6.07) is 10.6. The van der Waals surface area contributed by atoms with Crippen LogP contribution < -0.4 is 5.69 Å². The summed E-state index contributed by atoms with van der Waals surface area (Å²) >= 11 is 12.5. The Balaban J connectivity index is 1.92. The maximum atomic E-state index is 13.0. The molecule has 0 radical (unpaired) electrons. The molecule has 3 aromatic rings. The van der Waals surface area contributed by atoms with E-state index in [0.717, 1.165) is 0 Å². The third kappa shape index (κ3) is 3.26. The van der Waals surface area contributed by atoms with Crippen molar-refractivity contribution in [2.75, 3.05) is 0 Å². The Kier molecular flexibility index (Phi) is 5.05. The van der Waals surface area contributed by atoms with Crippen molar-refractivity contribution < 1.29 is 5.11 Å². The molecule has 0 bridgehead atoms. The molecule has 7 nitrogen and oxygen atoms in total. The smallest absolute Gasteiger partial charge is 0.350 e. The van der Waals surface area contributed by atoms with Crippen LogP contribution >= 0.6 is 23.2 Å². The zero-order chi connectivity index (χ0) is 19.8. The summed E-state index contributed by atoms with van der Waals surface area (Å²) in [5.41, 5.74) is 1.87. The fraction of sp³-hybridized carbons (Fsp3) is 0.263. The molecule has 1 unspecified atom stereocenters. The summed E-state index contributed by atoms with van der Waals surface area (Å²) in [5, 5.41) is 15.1. The number of nitrogens with zero attached hydrogens (tertiary/aromatic N) is 5. The number of hydrogen-bond donors (Lipinski definition) is 1. The highest BCUT2D eigenvalue weighted by Gasteiger charge is 2.26. The predicted octanol–water partition coefficient (Wildman–Crippen LogP) is 2.86. The molecule has 1 aromatic carbocycles. The van der Waals surface area contributed by atoms with Gasteiger partial charge in [0, 0.05) is 5.56 Å². The van der Waals surface area contributed by atoms with E-state index in [2.05, 4.69) is 15.1 Å². The maximum Gasteiger partial charge on any atom is 0.350 e. The SMILES string of the molecule is CCC(O)Cn1nc2n(c1=O)-c1ccc(Cl)nc1C(c1ccccc1Cl)=NC2. The molecule has 0 aliphatic carbocycles. The summed E-state index contributed by atoms with van der Waals surface area (Å²) in [6.45, 7) is 2.13. The molecule has 144 valence electrons. The summed E-state index contributed by atoms with van der Waals surface area (Å²) in [4.78, 5) is 22.1. The van der Waals surface area contributed by atoms with Gasteiger partial charge in [0.1, 0.15) is 17.4 Å². The van der Waals surface area contributed by atoms with Crippen molar-refractivity contribution >= 4 is 28.9 Å². The monoisotopic (exact) mass is 417 g/mol. The van der Waals surface area contributed by atoms with Crippen LogP contribution in [0.4, 0.5) is 0 Å². The molecule has 2 aromatic heterocycles. The Bertz CT molecular complexity index is 1140. The van der Waals surface area contributed by atoms with Gasteiger partial charge in [-0.2, -0.15) is 5.10 Å². The minimum atomic E-state index is -0.651. The van der Waals surface area contributed by atoms with Gasteiger partial charge in [-0.3, -0.25) is 4.99 Å². The second-order valence-electron chi connectivity index (χ2n) is 6.42. The number of aromatic nitrogens is 4. The van der Waals surface area contributed by atoms with Crippen molar-refractivity contribution in [3.63, 3.8) is 0 Å². The van der Waals surface area contributed by atoms with E-state index in [1.54, 1.807) is 18.2 Å². The van der Waals surface area contributed by atoms with E-state index in [1.807, 2.05) is 25.1 Å². The fourth-order valence-electron chi connectivity index (χ4n) is 3.12. The van der Waals surface area contributed by atoms with Gasteiger partial charge in [-0.1, -0.05) is 48.3 Å². The van der Waals surface area contributed by atoms with E-state index < -0.39 is 6.10 Å². The largest absolute Gasteiger partial charge is 0.391 e. The molecule has 0 saturated heterocycles. The Morgan fingerprint density at radius 1 is 1.21 bits per heavy atom. The Labute approximate surface area is 170 Å². The minimum Gasteiger partial charge on any atom is -0.391 e. The lowest BCUT2D eigenvalue weighted by molar-refractivity contribution is 0.143. The highest BCUT2D eigenvalue weighted by atomic mass is 35.5.